The fraction of sp³-hybridized carbons (Fsp3) is 0.0588. The van der Waals surface area contributed by atoms with Crippen LogP contribution in [-0.4, -0.2) is 15.1 Å². The molecule has 0 atom stereocenters. The van der Waals surface area contributed by atoms with Gasteiger partial charge in [-0.15, -0.1) is 0 Å². The third-order valence-corrected chi connectivity index (χ3v) is 3.79. The van der Waals surface area contributed by atoms with Crippen molar-refractivity contribution in [2.24, 2.45) is 0 Å². The molecule has 0 bridgehead atoms. The van der Waals surface area contributed by atoms with Crippen LogP contribution in [0.15, 0.2) is 53.1 Å². The third-order valence-electron chi connectivity index (χ3n) is 3.33. The van der Waals surface area contributed by atoms with Crippen molar-refractivity contribution in [3.63, 3.8) is 0 Å². The first-order valence-electron chi connectivity index (χ1n) is 7.44. The number of halogens is 5. The summed E-state index contributed by atoms with van der Waals surface area (Å²) in [5.74, 6) is -1.11. The van der Waals surface area contributed by atoms with Crippen LogP contribution < -0.4 is 10.6 Å². The second-order valence-corrected chi connectivity index (χ2v) is 6.33. The summed E-state index contributed by atoms with van der Waals surface area (Å²) in [6.07, 6.45) is -3.64. The maximum atomic E-state index is 13.9. The predicted molar refractivity (Wildman–Crippen MR) is 95.8 cm³/mol. The maximum absolute atomic E-state index is 13.9. The quantitative estimate of drug-likeness (QED) is 0.459. The number of benzene rings is 2. The van der Waals surface area contributed by atoms with E-state index in [9.17, 15) is 22.7 Å². The zero-order valence-corrected chi connectivity index (χ0v) is 14.9. The molecule has 0 amide bonds. The minimum Gasteiger partial charge on any atom is -0.508 e. The van der Waals surface area contributed by atoms with E-state index in [1.807, 2.05) is 0 Å². The molecule has 0 unspecified atom stereocenters. The minimum atomic E-state index is -4.52. The molecule has 1 heterocycles. The average Bonchev–Trinajstić information content (AvgIpc) is 2.57. The van der Waals surface area contributed by atoms with Gasteiger partial charge in [-0.25, -0.2) is 9.37 Å². The molecule has 2 aromatic carbocycles. The highest BCUT2D eigenvalue weighted by Gasteiger charge is 2.31. The van der Waals surface area contributed by atoms with Gasteiger partial charge in [-0.2, -0.15) is 18.2 Å². The van der Waals surface area contributed by atoms with E-state index >= 15 is 0 Å². The van der Waals surface area contributed by atoms with Crippen molar-refractivity contribution in [2.75, 3.05) is 10.6 Å². The van der Waals surface area contributed by atoms with Gasteiger partial charge in [0.05, 0.1) is 11.8 Å². The van der Waals surface area contributed by atoms with E-state index in [0.29, 0.717) is 5.69 Å². The van der Waals surface area contributed by atoms with Gasteiger partial charge in [0.25, 0.3) is 0 Å². The molecule has 0 saturated heterocycles. The van der Waals surface area contributed by atoms with Crippen LogP contribution in [0.1, 0.15) is 5.56 Å². The zero-order valence-electron chi connectivity index (χ0n) is 13.4. The molecule has 5 nitrogen and oxygen atoms in total. The molecule has 10 heteroatoms. The van der Waals surface area contributed by atoms with Crippen molar-refractivity contribution in [3.05, 3.63) is 64.5 Å². The lowest BCUT2D eigenvalue weighted by Crippen LogP contribution is -2.07. The molecule has 0 aliphatic heterocycles. The van der Waals surface area contributed by atoms with Crippen LogP contribution in [0.4, 0.5) is 40.7 Å². The largest absolute Gasteiger partial charge is 0.508 e. The molecule has 27 heavy (non-hydrogen) atoms. The van der Waals surface area contributed by atoms with Crippen LogP contribution in [0.25, 0.3) is 0 Å². The van der Waals surface area contributed by atoms with Gasteiger partial charge in [-0.05, 0) is 30.3 Å². The Balaban J connectivity index is 1.87. The number of phenols is 1. The van der Waals surface area contributed by atoms with Crippen molar-refractivity contribution in [2.45, 2.75) is 6.18 Å². The summed E-state index contributed by atoms with van der Waals surface area (Å²) < 4.78 is 52.9. The second kappa shape index (κ2) is 7.39. The first-order chi connectivity index (χ1) is 12.7. The van der Waals surface area contributed by atoms with Gasteiger partial charge < -0.3 is 15.7 Å². The molecule has 1 aromatic heterocycles. The zero-order chi connectivity index (χ0) is 19.6. The molecule has 0 radical (unpaired) electrons. The maximum Gasteiger partial charge on any atom is 0.416 e. The summed E-state index contributed by atoms with van der Waals surface area (Å²) >= 11 is 3.02. The van der Waals surface area contributed by atoms with Gasteiger partial charge in [0.1, 0.15) is 5.75 Å². The van der Waals surface area contributed by atoms with Gasteiger partial charge in [0.2, 0.25) is 5.95 Å². The number of phenolic OH excluding ortho intramolecular Hbond substituents is 1. The standard InChI is InChI=1S/C17H11BrF4N4O/c18-10-4-9(17(20,21)22)5-12(6-10)25-16-23-8-14(19)15(26-16)24-11-2-1-3-13(27)7-11/h1-8,27H,(H2,23,24,25,26). The highest BCUT2D eigenvalue weighted by atomic mass is 79.9. The molecule has 3 N–H and O–H groups in total. The molecule has 3 aromatic rings. The van der Waals surface area contributed by atoms with E-state index in [1.165, 1.54) is 18.2 Å². The van der Waals surface area contributed by atoms with E-state index < -0.39 is 17.6 Å². The Morgan fingerprint density at radius 2 is 1.78 bits per heavy atom. The van der Waals surface area contributed by atoms with E-state index in [0.717, 1.165) is 18.3 Å². The van der Waals surface area contributed by atoms with Crippen molar-refractivity contribution >= 4 is 39.1 Å². The Morgan fingerprint density at radius 3 is 2.48 bits per heavy atom. The number of aromatic hydroxyl groups is 1. The number of rotatable bonds is 4. The highest BCUT2D eigenvalue weighted by Crippen LogP contribution is 2.34. The molecular formula is C17H11BrF4N4O. The van der Waals surface area contributed by atoms with E-state index in [4.69, 9.17) is 0 Å². The molecule has 0 aliphatic carbocycles. The van der Waals surface area contributed by atoms with Gasteiger partial charge in [-0.3, -0.25) is 0 Å². The lowest BCUT2D eigenvalue weighted by molar-refractivity contribution is -0.137. The number of aromatic nitrogens is 2. The van der Waals surface area contributed by atoms with Gasteiger partial charge in [-0.1, -0.05) is 22.0 Å². The smallest absolute Gasteiger partial charge is 0.416 e. The van der Waals surface area contributed by atoms with Crippen LogP contribution in [0, 0.1) is 5.82 Å². The molecule has 3 rings (SSSR count). The monoisotopic (exact) mass is 442 g/mol. The summed E-state index contributed by atoms with van der Waals surface area (Å²) in [5.41, 5.74) is -0.411. The third kappa shape index (κ3) is 4.85. The summed E-state index contributed by atoms with van der Waals surface area (Å²) in [7, 11) is 0. The summed E-state index contributed by atoms with van der Waals surface area (Å²) in [5, 5.41) is 14.7. The number of hydrogen-bond donors (Lipinski definition) is 3. The Bertz CT molecular complexity index is 981. The second-order valence-electron chi connectivity index (χ2n) is 5.42. The van der Waals surface area contributed by atoms with Crippen molar-refractivity contribution < 1.29 is 22.7 Å². The first kappa shape index (κ1) is 18.9. The molecule has 0 spiro atoms. The molecule has 0 aliphatic rings. The van der Waals surface area contributed by atoms with Crippen LogP contribution in [0.2, 0.25) is 0 Å². The van der Waals surface area contributed by atoms with Crippen LogP contribution in [0.5, 0.6) is 5.75 Å². The molecule has 140 valence electrons. The Kier molecular flexibility index (Phi) is 5.17. The normalized spacial score (nSPS) is 11.3. The summed E-state index contributed by atoms with van der Waals surface area (Å²) in [6.45, 7) is 0. The van der Waals surface area contributed by atoms with Crippen molar-refractivity contribution in [3.8, 4) is 5.75 Å². The van der Waals surface area contributed by atoms with E-state index in [2.05, 4.69) is 36.5 Å². The average molecular weight is 443 g/mol. The lowest BCUT2D eigenvalue weighted by atomic mass is 10.2. The number of nitrogens with zero attached hydrogens (tertiary/aromatic N) is 2. The lowest BCUT2D eigenvalue weighted by Gasteiger charge is -2.12. The molecule has 0 saturated carbocycles. The number of alkyl halides is 3. The summed E-state index contributed by atoms with van der Waals surface area (Å²) in [6, 6.07) is 9.17. The Labute approximate surface area is 159 Å². The highest BCUT2D eigenvalue weighted by molar-refractivity contribution is 9.10. The van der Waals surface area contributed by atoms with E-state index in [-0.39, 0.29) is 27.7 Å². The first-order valence-corrected chi connectivity index (χ1v) is 8.23. The number of anilines is 4. The van der Waals surface area contributed by atoms with Crippen LogP contribution in [0.3, 0.4) is 0 Å². The Hall–Kier alpha value is -2.88. The SMILES string of the molecule is Oc1cccc(Nc2nc(Nc3cc(Br)cc(C(F)(F)F)c3)ncc2F)c1. The van der Waals surface area contributed by atoms with Gasteiger partial charge in [0, 0.05) is 21.9 Å². The van der Waals surface area contributed by atoms with Crippen molar-refractivity contribution in [1.82, 2.24) is 9.97 Å². The minimum absolute atomic E-state index is 0.0263. The predicted octanol–water partition coefficient (Wildman–Crippen LogP) is 5.59. The van der Waals surface area contributed by atoms with E-state index in [1.54, 1.807) is 12.1 Å². The van der Waals surface area contributed by atoms with Gasteiger partial charge >= 0.3 is 6.18 Å². The van der Waals surface area contributed by atoms with Crippen LogP contribution >= 0.6 is 15.9 Å². The fourth-order valence-electron chi connectivity index (χ4n) is 2.19. The topological polar surface area (TPSA) is 70.1 Å². The fourth-order valence-corrected chi connectivity index (χ4v) is 2.68. The Morgan fingerprint density at radius 1 is 1.00 bits per heavy atom. The van der Waals surface area contributed by atoms with Crippen LogP contribution in [-0.2, 0) is 6.18 Å². The van der Waals surface area contributed by atoms with Crippen molar-refractivity contribution in [1.29, 1.82) is 0 Å². The summed E-state index contributed by atoms with van der Waals surface area (Å²) in [4.78, 5) is 7.66. The molecular weight excluding hydrogens is 432 g/mol. The molecule has 0 fully saturated rings. The van der Waals surface area contributed by atoms with Gasteiger partial charge in [0.15, 0.2) is 11.6 Å². The number of hydrogen-bond acceptors (Lipinski definition) is 5. The number of nitrogens with one attached hydrogen (secondary N) is 2.